The van der Waals surface area contributed by atoms with Crippen molar-refractivity contribution in [1.29, 1.82) is 0 Å². The second kappa shape index (κ2) is 5.63. The summed E-state index contributed by atoms with van der Waals surface area (Å²) in [4.78, 5) is 12.1. The van der Waals surface area contributed by atoms with Crippen LogP contribution in [0.4, 0.5) is 0 Å². The monoisotopic (exact) mass is 171 g/mol. The summed E-state index contributed by atoms with van der Waals surface area (Å²) in [5.41, 5.74) is 0. The minimum atomic E-state index is -0.753. The quantitative estimate of drug-likeness (QED) is 0.687. The Morgan fingerprint density at radius 2 is 2.25 bits per heavy atom. The maximum atomic E-state index is 10.3. The number of aliphatic carboxylic acids is 1. The van der Waals surface area contributed by atoms with Crippen LogP contribution < -0.4 is 0 Å². The zero-order valence-corrected chi connectivity index (χ0v) is 6.49. The Morgan fingerprint density at radius 3 is 2.92 bits per heavy atom. The van der Waals surface area contributed by atoms with Crippen molar-refractivity contribution in [1.82, 2.24) is 4.90 Å². The lowest BCUT2D eigenvalue weighted by atomic mass is 10.2. The molecule has 1 heterocycles. The summed E-state index contributed by atoms with van der Waals surface area (Å²) in [5.74, 6) is -0.753. The van der Waals surface area contributed by atoms with Crippen LogP contribution in [-0.4, -0.2) is 29.1 Å². The van der Waals surface area contributed by atoms with Crippen LogP contribution >= 0.6 is 0 Å². The van der Waals surface area contributed by atoms with Gasteiger partial charge in [0.15, 0.2) is 0 Å². The lowest BCUT2D eigenvalue weighted by Gasteiger charge is -2.15. The highest BCUT2D eigenvalue weighted by atomic mass is 16.4. The fourth-order valence-electron chi connectivity index (χ4n) is 1.18. The van der Waals surface area contributed by atoms with Crippen molar-refractivity contribution in [2.24, 2.45) is 0 Å². The van der Waals surface area contributed by atoms with Gasteiger partial charge in [0.1, 0.15) is 6.54 Å². The van der Waals surface area contributed by atoms with Gasteiger partial charge in [-0.3, -0.25) is 4.79 Å². The molecule has 0 spiro atoms. The van der Waals surface area contributed by atoms with E-state index >= 15 is 0 Å². The third kappa shape index (κ3) is 4.01. The number of carboxylic acid groups (broad SMARTS) is 1. The molecule has 0 aromatic rings. The third-order valence-electron chi connectivity index (χ3n) is 1.72. The Labute approximate surface area is 73.7 Å². The number of allylic oxidation sites excluding steroid dienone is 1. The standard InChI is InChI=1S/C8H13NO2.CH4/c10-8(11)7-9-5-3-1-2-4-6-9;/h3,5H,1-2,4,6-7H2,(H,10,11);1H4. The third-order valence-corrected chi connectivity index (χ3v) is 1.72. The van der Waals surface area contributed by atoms with Crippen molar-refractivity contribution in [3.63, 3.8) is 0 Å². The van der Waals surface area contributed by atoms with E-state index in [0.29, 0.717) is 0 Å². The molecule has 0 aromatic heterocycles. The highest BCUT2D eigenvalue weighted by Gasteiger charge is 2.05. The SMILES string of the molecule is C.O=C(O)CN1C=CCCCC1. The fraction of sp³-hybridized carbons (Fsp3) is 0.667. The average molecular weight is 171 g/mol. The predicted octanol–water partition coefficient (Wildman–Crippen LogP) is 1.71. The maximum Gasteiger partial charge on any atom is 0.323 e. The zero-order valence-electron chi connectivity index (χ0n) is 6.49. The molecule has 0 atom stereocenters. The molecule has 1 aliphatic rings. The van der Waals surface area contributed by atoms with E-state index in [9.17, 15) is 4.79 Å². The van der Waals surface area contributed by atoms with Crippen LogP contribution in [0, 0.1) is 0 Å². The molecule has 0 aliphatic carbocycles. The van der Waals surface area contributed by atoms with Gasteiger partial charge in [-0.15, -0.1) is 0 Å². The van der Waals surface area contributed by atoms with Crippen LogP contribution in [0.2, 0.25) is 0 Å². The molecule has 12 heavy (non-hydrogen) atoms. The van der Waals surface area contributed by atoms with Gasteiger partial charge in [-0.2, -0.15) is 0 Å². The topological polar surface area (TPSA) is 40.5 Å². The van der Waals surface area contributed by atoms with Gasteiger partial charge in [-0.05, 0) is 25.5 Å². The van der Waals surface area contributed by atoms with E-state index in [1.165, 1.54) is 6.42 Å². The summed E-state index contributed by atoms with van der Waals surface area (Å²) in [6.45, 7) is 1.01. The van der Waals surface area contributed by atoms with Crippen molar-refractivity contribution < 1.29 is 9.90 Å². The van der Waals surface area contributed by atoms with Crippen molar-refractivity contribution in [3.8, 4) is 0 Å². The summed E-state index contributed by atoms with van der Waals surface area (Å²) >= 11 is 0. The van der Waals surface area contributed by atoms with Crippen LogP contribution in [0.3, 0.4) is 0 Å². The summed E-state index contributed by atoms with van der Waals surface area (Å²) in [5, 5.41) is 8.48. The molecule has 3 heteroatoms. The van der Waals surface area contributed by atoms with E-state index in [1.807, 2.05) is 17.2 Å². The molecule has 0 saturated carbocycles. The Bertz CT molecular complexity index is 166. The van der Waals surface area contributed by atoms with Crippen molar-refractivity contribution >= 4 is 5.97 Å². The van der Waals surface area contributed by atoms with Crippen LogP contribution in [0.5, 0.6) is 0 Å². The van der Waals surface area contributed by atoms with Crippen LogP contribution in [-0.2, 0) is 4.79 Å². The Hall–Kier alpha value is -0.990. The lowest BCUT2D eigenvalue weighted by Crippen LogP contribution is -2.24. The molecule has 1 aliphatic heterocycles. The smallest absolute Gasteiger partial charge is 0.323 e. The first-order chi connectivity index (χ1) is 5.29. The molecule has 0 radical (unpaired) electrons. The van der Waals surface area contributed by atoms with Gasteiger partial charge in [-0.1, -0.05) is 13.5 Å². The molecule has 70 valence electrons. The summed E-state index contributed by atoms with van der Waals surface area (Å²) in [6, 6.07) is 0. The first-order valence-corrected chi connectivity index (χ1v) is 3.91. The summed E-state index contributed by atoms with van der Waals surface area (Å²) in [7, 11) is 0. The molecule has 0 aromatic carbocycles. The molecule has 0 unspecified atom stereocenters. The molecular weight excluding hydrogens is 154 g/mol. The number of hydrogen-bond acceptors (Lipinski definition) is 2. The second-order valence-electron chi connectivity index (χ2n) is 2.74. The Balaban J connectivity index is 0.00000121. The van der Waals surface area contributed by atoms with E-state index in [1.54, 1.807) is 0 Å². The number of carbonyl (C=O) groups is 1. The van der Waals surface area contributed by atoms with Gasteiger partial charge in [0.25, 0.3) is 0 Å². The number of carboxylic acids is 1. The molecule has 1 N–H and O–H groups in total. The molecule has 0 saturated heterocycles. The van der Waals surface area contributed by atoms with Crippen molar-refractivity contribution in [2.45, 2.75) is 26.7 Å². The van der Waals surface area contributed by atoms with E-state index in [4.69, 9.17) is 5.11 Å². The minimum Gasteiger partial charge on any atom is -0.480 e. The normalized spacial score (nSPS) is 16.5. The van der Waals surface area contributed by atoms with Gasteiger partial charge < -0.3 is 10.0 Å². The second-order valence-corrected chi connectivity index (χ2v) is 2.74. The van der Waals surface area contributed by atoms with Gasteiger partial charge in [0.05, 0.1) is 0 Å². The zero-order chi connectivity index (χ0) is 8.10. The molecule has 0 fully saturated rings. The number of rotatable bonds is 2. The van der Waals surface area contributed by atoms with Crippen LogP contribution in [0.1, 0.15) is 26.7 Å². The molecular formula is C9H17NO2. The number of nitrogens with zero attached hydrogens (tertiary/aromatic N) is 1. The Morgan fingerprint density at radius 1 is 1.50 bits per heavy atom. The molecule has 1 rings (SSSR count). The van der Waals surface area contributed by atoms with E-state index in [0.717, 1.165) is 19.4 Å². The maximum absolute atomic E-state index is 10.3. The van der Waals surface area contributed by atoms with E-state index in [2.05, 4.69) is 0 Å². The molecule has 3 nitrogen and oxygen atoms in total. The largest absolute Gasteiger partial charge is 0.480 e. The molecule has 0 amide bonds. The predicted molar refractivity (Wildman–Crippen MR) is 48.9 cm³/mol. The van der Waals surface area contributed by atoms with Gasteiger partial charge in [0, 0.05) is 6.54 Å². The van der Waals surface area contributed by atoms with Gasteiger partial charge >= 0.3 is 5.97 Å². The summed E-state index contributed by atoms with van der Waals surface area (Å²) < 4.78 is 0. The first kappa shape index (κ1) is 11.0. The first-order valence-electron chi connectivity index (χ1n) is 3.91. The fourth-order valence-corrected chi connectivity index (χ4v) is 1.18. The lowest BCUT2D eigenvalue weighted by molar-refractivity contribution is -0.137. The van der Waals surface area contributed by atoms with Gasteiger partial charge in [-0.25, -0.2) is 0 Å². The highest BCUT2D eigenvalue weighted by molar-refractivity contribution is 5.69. The Kier molecular flexibility index (Phi) is 5.17. The highest BCUT2D eigenvalue weighted by Crippen LogP contribution is 2.05. The number of hydrogen-bond donors (Lipinski definition) is 1. The molecule has 0 bridgehead atoms. The summed E-state index contributed by atoms with van der Waals surface area (Å²) in [6.07, 6.45) is 7.28. The van der Waals surface area contributed by atoms with Crippen LogP contribution in [0.15, 0.2) is 12.3 Å². The van der Waals surface area contributed by atoms with E-state index in [-0.39, 0.29) is 14.0 Å². The van der Waals surface area contributed by atoms with Crippen molar-refractivity contribution in [3.05, 3.63) is 12.3 Å². The average Bonchev–Trinajstić information content (AvgIpc) is 2.14. The van der Waals surface area contributed by atoms with Gasteiger partial charge in [0.2, 0.25) is 0 Å². The van der Waals surface area contributed by atoms with E-state index < -0.39 is 5.97 Å². The van der Waals surface area contributed by atoms with Crippen LogP contribution in [0.25, 0.3) is 0 Å². The minimum absolute atomic E-state index is 0. The van der Waals surface area contributed by atoms with Crippen molar-refractivity contribution in [2.75, 3.05) is 13.1 Å².